The van der Waals surface area contributed by atoms with Crippen molar-refractivity contribution in [2.75, 3.05) is 6.26 Å². The van der Waals surface area contributed by atoms with E-state index in [0.29, 0.717) is 5.56 Å². The van der Waals surface area contributed by atoms with E-state index >= 15 is 0 Å². The van der Waals surface area contributed by atoms with Crippen LogP contribution in [-0.2, 0) is 11.3 Å². The monoisotopic (exact) mass is 253 g/mol. The van der Waals surface area contributed by atoms with Gasteiger partial charge < -0.3 is 4.90 Å². The Hall–Kier alpha value is -1.29. The zero-order valence-electron chi connectivity index (χ0n) is 10.2. The third-order valence-electron chi connectivity index (χ3n) is 2.33. The Morgan fingerprint density at radius 3 is 2.76 bits per heavy atom. The number of carbonyl (C=O) groups is 1. The minimum absolute atomic E-state index is 0.0999. The average Bonchev–Trinajstić information content (AvgIpc) is 2.31. The third-order valence-corrected chi connectivity index (χ3v) is 3.05. The summed E-state index contributed by atoms with van der Waals surface area (Å²) in [6.45, 7) is 3.56. The second-order valence-electron chi connectivity index (χ2n) is 3.59. The van der Waals surface area contributed by atoms with Crippen molar-refractivity contribution in [2.24, 2.45) is 0 Å². The van der Waals surface area contributed by atoms with Gasteiger partial charge in [0.15, 0.2) is 0 Å². The first-order valence-electron chi connectivity index (χ1n) is 5.31. The van der Waals surface area contributed by atoms with E-state index in [0.717, 1.165) is 4.90 Å². The lowest BCUT2D eigenvalue weighted by atomic mass is 10.2. The van der Waals surface area contributed by atoms with E-state index < -0.39 is 0 Å². The summed E-state index contributed by atoms with van der Waals surface area (Å²) >= 11 is 1.55. The smallest absolute Gasteiger partial charge is 0.223 e. The molecule has 0 aliphatic rings. The zero-order valence-corrected chi connectivity index (χ0v) is 11.1. The van der Waals surface area contributed by atoms with Crippen molar-refractivity contribution in [2.45, 2.75) is 25.3 Å². The maximum atomic E-state index is 13.6. The average molecular weight is 253 g/mol. The van der Waals surface area contributed by atoms with E-state index in [-0.39, 0.29) is 18.3 Å². The number of allylic oxidation sites excluding steroid dienone is 1. The van der Waals surface area contributed by atoms with Crippen LogP contribution in [0.5, 0.6) is 0 Å². The van der Waals surface area contributed by atoms with Gasteiger partial charge in [0.25, 0.3) is 0 Å². The molecule has 0 atom stereocenters. The van der Waals surface area contributed by atoms with Crippen LogP contribution in [0.1, 0.15) is 19.4 Å². The SMILES string of the molecule is C/C=C\N(Cc1cc(SC)ccc1F)C(C)=O. The summed E-state index contributed by atoms with van der Waals surface area (Å²) in [6.07, 6.45) is 5.36. The van der Waals surface area contributed by atoms with Gasteiger partial charge in [0.05, 0.1) is 6.54 Å². The molecule has 0 spiro atoms. The first kappa shape index (κ1) is 13.8. The molecule has 0 fully saturated rings. The van der Waals surface area contributed by atoms with Gasteiger partial charge in [0.2, 0.25) is 5.91 Å². The van der Waals surface area contributed by atoms with E-state index in [4.69, 9.17) is 0 Å². The van der Waals surface area contributed by atoms with Crippen molar-refractivity contribution >= 4 is 17.7 Å². The quantitative estimate of drug-likeness (QED) is 0.766. The first-order valence-corrected chi connectivity index (χ1v) is 6.53. The Bertz CT molecular complexity index is 431. The molecule has 0 unspecified atom stereocenters. The van der Waals surface area contributed by atoms with Gasteiger partial charge in [-0.3, -0.25) is 4.79 Å². The highest BCUT2D eigenvalue weighted by atomic mass is 32.2. The molecule has 0 saturated heterocycles. The van der Waals surface area contributed by atoms with Crippen LogP contribution in [-0.4, -0.2) is 17.1 Å². The zero-order chi connectivity index (χ0) is 12.8. The maximum Gasteiger partial charge on any atom is 0.223 e. The van der Waals surface area contributed by atoms with Crippen LogP contribution in [0.15, 0.2) is 35.4 Å². The fourth-order valence-corrected chi connectivity index (χ4v) is 1.90. The summed E-state index contributed by atoms with van der Waals surface area (Å²) < 4.78 is 13.6. The van der Waals surface area contributed by atoms with Crippen LogP contribution < -0.4 is 0 Å². The highest BCUT2D eigenvalue weighted by Crippen LogP contribution is 2.20. The fourth-order valence-electron chi connectivity index (χ4n) is 1.43. The van der Waals surface area contributed by atoms with E-state index in [1.165, 1.54) is 17.9 Å². The number of amides is 1. The minimum atomic E-state index is -0.279. The van der Waals surface area contributed by atoms with Gasteiger partial charge in [-0.25, -0.2) is 4.39 Å². The molecule has 1 rings (SSSR count). The molecule has 2 nitrogen and oxygen atoms in total. The molecule has 17 heavy (non-hydrogen) atoms. The summed E-state index contributed by atoms with van der Waals surface area (Å²) in [5, 5.41) is 0. The van der Waals surface area contributed by atoms with Gasteiger partial charge in [-0.15, -0.1) is 11.8 Å². The topological polar surface area (TPSA) is 20.3 Å². The van der Waals surface area contributed by atoms with Gasteiger partial charge in [-0.2, -0.15) is 0 Å². The lowest BCUT2D eigenvalue weighted by Gasteiger charge is -2.17. The Kier molecular flexibility index (Phi) is 5.22. The van der Waals surface area contributed by atoms with Crippen molar-refractivity contribution < 1.29 is 9.18 Å². The Morgan fingerprint density at radius 1 is 1.53 bits per heavy atom. The number of rotatable bonds is 4. The van der Waals surface area contributed by atoms with Crippen LogP contribution in [0.25, 0.3) is 0 Å². The molecule has 0 bridgehead atoms. The molecule has 1 aromatic carbocycles. The summed E-state index contributed by atoms with van der Waals surface area (Å²) in [7, 11) is 0. The summed E-state index contributed by atoms with van der Waals surface area (Å²) in [5.41, 5.74) is 0.533. The molecule has 0 heterocycles. The molecular formula is C13H16FNOS. The predicted molar refractivity (Wildman–Crippen MR) is 69.2 cm³/mol. The van der Waals surface area contributed by atoms with Crippen molar-refractivity contribution in [3.8, 4) is 0 Å². The van der Waals surface area contributed by atoms with Gasteiger partial charge in [-0.05, 0) is 31.4 Å². The van der Waals surface area contributed by atoms with Crippen LogP contribution in [0.2, 0.25) is 0 Å². The fraction of sp³-hybridized carbons (Fsp3) is 0.308. The number of carbonyl (C=O) groups excluding carboxylic acids is 1. The van der Waals surface area contributed by atoms with Gasteiger partial charge in [-0.1, -0.05) is 6.08 Å². The van der Waals surface area contributed by atoms with Crippen LogP contribution >= 0.6 is 11.8 Å². The van der Waals surface area contributed by atoms with E-state index in [1.54, 1.807) is 36.2 Å². The second-order valence-corrected chi connectivity index (χ2v) is 4.47. The van der Waals surface area contributed by atoms with Crippen molar-refractivity contribution in [1.29, 1.82) is 0 Å². The summed E-state index contributed by atoms with van der Waals surface area (Å²) in [6, 6.07) is 4.95. The molecule has 0 N–H and O–H groups in total. The number of hydrogen-bond acceptors (Lipinski definition) is 2. The molecule has 0 aliphatic heterocycles. The van der Waals surface area contributed by atoms with Crippen LogP contribution in [0, 0.1) is 5.82 Å². The van der Waals surface area contributed by atoms with Crippen LogP contribution in [0.3, 0.4) is 0 Å². The van der Waals surface area contributed by atoms with Gasteiger partial charge in [0, 0.05) is 23.6 Å². The third kappa shape index (κ3) is 3.89. The number of benzene rings is 1. The molecule has 1 amide bonds. The molecule has 0 saturated carbocycles. The lowest BCUT2D eigenvalue weighted by molar-refractivity contribution is -0.126. The largest absolute Gasteiger partial charge is 0.315 e. The Labute approximate surface area is 106 Å². The van der Waals surface area contributed by atoms with Crippen molar-refractivity contribution in [3.05, 3.63) is 41.9 Å². The summed E-state index contributed by atoms with van der Waals surface area (Å²) in [5.74, 6) is -0.379. The van der Waals surface area contributed by atoms with Gasteiger partial charge in [0.1, 0.15) is 5.82 Å². The normalized spacial score (nSPS) is 10.8. The molecule has 0 aliphatic carbocycles. The molecule has 0 aromatic heterocycles. The van der Waals surface area contributed by atoms with E-state index in [2.05, 4.69) is 0 Å². The van der Waals surface area contributed by atoms with Crippen LogP contribution in [0.4, 0.5) is 4.39 Å². The summed E-state index contributed by atoms with van der Waals surface area (Å²) in [4.78, 5) is 13.8. The number of hydrogen-bond donors (Lipinski definition) is 0. The first-order chi connectivity index (χ1) is 8.08. The van der Waals surface area contributed by atoms with E-state index in [9.17, 15) is 9.18 Å². The molecule has 92 valence electrons. The molecule has 0 radical (unpaired) electrons. The second kappa shape index (κ2) is 6.45. The number of halogens is 1. The highest BCUT2D eigenvalue weighted by Gasteiger charge is 2.10. The molecule has 4 heteroatoms. The number of nitrogens with zero attached hydrogens (tertiary/aromatic N) is 1. The minimum Gasteiger partial charge on any atom is -0.315 e. The predicted octanol–water partition coefficient (Wildman–Crippen LogP) is 3.43. The lowest BCUT2D eigenvalue weighted by Crippen LogP contribution is -2.22. The van der Waals surface area contributed by atoms with Gasteiger partial charge >= 0.3 is 0 Å². The standard InChI is InChI=1S/C13H16FNOS/c1-4-7-15(10(2)16)9-11-8-12(17-3)5-6-13(11)14/h4-8H,9H2,1-3H3/b7-4-. The van der Waals surface area contributed by atoms with E-state index in [1.807, 2.05) is 13.2 Å². The Balaban J connectivity index is 2.95. The molecular weight excluding hydrogens is 237 g/mol. The van der Waals surface area contributed by atoms with Crippen molar-refractivity contribution in [3.63, 3.8) is 0 Å². The molecule has 1 aromatic rings. The highest BCUT2D eigenvalue weighted by molar-refractivity contribution is 7.98. The Morgan fingerprint density at radius 2 is 2.24 bits per heavy atom. The maximum absolute atomic E-state index is 13.6. The van der Waals surface area contributed by atoms with Crippen molar-refractivity contribution in [1.82, 2.24) is 4.90 Å². The number of thioether (sulfide) groups is 1.